The number of rotatable bonds is 10. The van der Waals surface area contributed by atoms with Crippen molar-refractivity contribution in [3.63, 3.8) is 0 Å². The van der Waals surface area contributed by atoms with Crippen molar-refractivity contribution in [2.24, 2.45) is 5.92 Å². The summed E-state index contributed by atoms with van der Waals surface area (Å²) >= 11 is 0. The van der Waals surface area contributed by atoms with Gasteiger partial charge in [0.25, 0.3) is 0 Å². The van der Waals surface area contributed by atoms with Crippen LogP contribution in [0.25, 0.3) is 0 Å². The van der Waals surface area contributed by atoms with Crippen LogP contribution >= 0.6 is 0 Å². The predicted octanol–water partition coefficient (Wildman–Crippen LogP) is 1.60. The fraction of sp³-hybridized carbons (Fsp3) is 0.464. The van der Waals surface area contributed by atoms with Crippen LogP contribution < -0.4 is 14.8 Å². The van der Waals surface area contributed by atoms with Gasteiger partial charge in [-0.1, -0.05) is 19.1 Å². The van der Waals surface area contributed by atoms with E-state index in [0.717, 1.165) is 11.3 Å². The molecule has 2 amide bonds. The second-order valence-electron chi connectivity index (χ2n) is 10.3. The molecule has 2 heterocycles. The number of carbonyl (C=O) groups is 2. The topological polar surface area (TPSA) is 135 Å². The van der Waals surface area contributed by atoms with E-state index in [9.17, 15) is 14.7 Å². The number of aliphatic hydroxyl groups excluding tert-OH is 1. The van der Waals surface area contributed by atoms with Gasteiger partial charge in [0.05, 0.1) is 26.2 Å². The van der Waals surface area contributed by atoms with Crippen molar-refractivity contribution in [3.8, 4) is 11.5 Å². The first-order valence-electron chi connectivity index (χ1n) is 13.3. The summed E-state index contributed by atoms with van der Waals surface area (Å²) in [5, 5.41) is 23.5. The third-order valence-corrected chi connectivity index (χ3v) is 7.00. The molecule has 1 aliphatic heterocycles. The molecular formula is C28H37N7O5. The van der Waals surface area contributed by atoms with Gasteiger partial charge in [0.15, 0.2) is 0 Å². The fourth-order valence-corrected chi connectivity index (χ4v) is 4.74. The molecule has 0 aliphatic carbocycles. The van der Waals surface area contributed by atoms with E-state index >= 15 is 0 Å². The molecule has 1 aliphatic rings. The number of ether oxygens (including phenoxy) is 2. The van der Waals surface area contributed by atoms with Gasteiger partial charge in [-0.3, -0.25) is 14.5 Å². The number of fused-ring (bicyclic) bond motifs is 1. The number of benzene rings is 2. The van der Waals surface area contributed by atoms with Crippen LogP contribution in [0.5, 0.6) is 11.5 Å². The smallest absolute Gasteiger partial charge is 0.246 e. The zero-order valence-electron chi connectivity index (χ0n) is 23.4. The van der Waals surface area contributed by atoms with E-state index in [4.69, 9.17) is 9.47 Å². The summed E-state index contributed by atoms with van der Waals surface area (Å²) in [6.45, 7) is 5.51. The first kappa shape index (κ1) is 29.0. The van der Waals surface area contributed by atoms with Crippen LogP contribution in [0, 0.1) is 5.92 Å². The lowest BCUT2D eigenvalue weighted by Crippen LogP contribution is -2.47. The molecular weight excluding hydrogens is 514 g/mol. The molecule has 12 nitrogen and oxygen atoms in total. The molecule has 2 N–H and O–H groups in total. The number of nitrogens with one attached hydrogen (secondary N) is 1. The Morgan fingerprint density at radius 1 is 1.27 bits per heavy atom. The Labute approximate surface area is 233 Å². The first-order chi connectivity index (χ1) is 19.2. The third-order valence-electron chi connectivity index (χ3n) is 7.00. The molecule has 12 heteroatoms. The highest BCUT2D eigenvalue weighted by atomic mass is 16.5. The van der Waals surface area contributed by atoms with Gasteiger partial charge in [-0.25, -0.2) is 4.68 Å². The van der Waals surface area contributed by atoms with Crippen LogP contribution in [0.15, 0.2) is 48.8 Å². The fourth-order valence-electron chi connectivity index (χ4n) is 4.74. The van der Waals surface area contributed by atoms with E-state index in [2.05, 4.69) is 32.7 Å². The Morgan fingerprint density at radius 2 is 2.05 bits per heavy atom. The third kappa shape index (κ3) is 7.54. The summed E-state index contributed by atoms with van der Waals surface area (Å²) < 4.78 is 13.2. The van der Waals surface area contributed by atoms with E-state index < -0.39 is 0 Å². The van der Waals surface area contributed by atoms with Gasteiger partial charge in [0, 0.05) is 36.8 Å². The second kappa shape index (κ2) is 13.4. The van der Waals surface area contributed by atoms with Gasteiger partial charge in [-0.15, -0.1) is 5.10 Å². The van der Waals surface area contributed by atoms with Crippen molar-refractivity contribution in [3.05, 3.63) is 59.9 Å². The predicted molar refractivity (Wildman–Crippen MR) is 148 cm³/mol. The van der Waals surface area contributed by atoms with Gasteiger partial charge >= 0.3 is 0 Å². The normalized spacial score (nSPS) is 18.2. The molecule has 2 aromatic carbocycles. The molecule has 0 unspecified atom stereocenters. The quantitative estimate of drug-likeness (QED) is 0.385. The Kier molecular flexibility index (Phi) is 9.67. The molecule has 0 saturated carbocycles. The highest BCUT2D eigenvalue weighted by molar-refractivity contribution is 5.91. The van der Waals surface area contributed by atoms with Crippen molar-refractivity contribution in [2.75, 3.05) is 39.2 Å². The number of aliphatic hydroxyl groups is 1. The molecule has 40 heavy (non-hydrogen) atoms. The van der Waals surface area contributed by atoms with E-state index in [1.165, 1.54) is 11.0 Å². The number of anilines is 1. The molecule has 1 aromatic heterocycles. The minimum absolute atomic E-state index is 0.0158. The Hall–Kier alpha value is -4.03. The van der Waals surface area contributed by atoms with Gasteiger partial charge in [0.1, 0.15) is 30.5 Å². The lowest BCUT2D eigenvalue weighted by molar-refractivity contribution is -0.134. The van der Waals surface area contributed by atoms with E-state index in [0.29, 0.717) is 36.6 Å². The molecule has 0 saturated heterocycles. The van der Waals surface area contributed by atoms with Crippen molar-refractivity contribution >= 4 is 17.5 Å². The van der Waals surface area contributed by atoms with Gasteiger partial charge in [-0.2, -0.15) is 0 Å². The SMILES string of the molecule is COc1ccc(CN(C)C[C@H]2Oc3ccc(NC(=O)Cn4cnnn4)cc3CC(=O)N([C@H](C)CO)C[C@@H]2C)cc1. The maximum absolute atomic E-state index is 13.4. The minimum atomic E-state index is -0.339. The lowest BCUT2D eigenvalue weighted by Gasteiger charge is -2.34. The Bertz CT molecular complexity index is 1270. The second-order valence-corrected chi connectivity index (χ2v) is 10.3. The monoisotopic (exact) mass is 551 g/mol. The van der Waals surface area contributed by atoms with Crippen LogP contribution in [0.2, 0.25) is 0 Å². The average Bonchev–Trinajstić information content (AvgIpc) is 3.45. The summed E-state index contributed by atoms with van der Waals surface area (Å²) in [6, 6.07) is 12.9. The zero-order valence-corrected chi connectivity index (χ0v) is 23.4. The molecule has 4 rings (SSSR count). The van der Waals surface area contributed by atoms with E-state index in [1.807, 2.05) is 38.2 Å². The number of hydrogen-bond donors (Lipinski definition) is 2. The van der Waals surface area contributed by atoms with Crippen molar-refractivity contribution < 1.29 is 24.2 Å². The van der Waals surface area contributed by atoms with Crippen LogP contribution in [-0.2, 0) is 29.1 Å². The van der Waals surface area contributed by atoms with Crippen LogP contribution in [0.4, 0.5) is 5.69 Å². The van der Waals surface area contributed by atoms with Gasteiger partial charge in [-0.05, 0) is 60.3 Å². The molecule has 0 fully saturated rings. The van der Waals surface area contributed by atoms with Gasteiger partial charge in [0.2, 0.25) is 11.8 Å². The summed E-state index contributed by atoms with van der Waals surface area (Å²) in [4.78, 5) is 29.8. The van der Waals surface area contributed by atoms with Crippen molar-refractivity contribution in [1.82, 2.24) is 30.0 Å². The van der Waals surface area contributed by atoms with Crippen molar-refractivity contribution in [2.45, 2.75) is 45.5 Å². The molecule has 3 aromatic rings. The molecule has 0 bridgehead atoms. The number of aromatic nitrogens is 4. The number of nitrogens with zero attached hydrogens (tertiary/aromatic N) is 6. The summed E-state index contributed by atoms with van der Waals surface area (Å²) in [7, 11) is 3.69. The Morgan fingerprint density at radius 3 is 2.73 bits per heavy atom. The lowest BCUT2D eigenvalue weighted by atomic mass is 10.0. The largest absolute Gasteiger partial charge is 0.497 e. The van der Waals surface area contributed by atoms with E-state index in [-0.39, 0.29) is 49.5 Å². The zero-order chi connectivity index (χ0) is 28.6. The summed E-state index contributed by atoms with van der Waals surface area (Å²) in [6.07, 6.45) is 1.21. The van der Waals surface area contributed by atoms with Gasteiger partial charge < -0.3 is 24.8 Å². The molecule has 0 radical (unpaired) electrons. The minimum Gasteiger partial charge on any atom is -0.497 e. The average molecular weight is 552 g/mol. The highest BCUT2D eigenvalue weighted by Gasteiger charge is 2.31. The Balaban J connectivity index is 1.55. The number of likely N-dealkylation sites (N-methyl/N-ethyl adjacent to an activating group) is 1. The number of carbonyl (C=O) groups excluding carboxylic acids is 2. The summed E-state index contributed by atoms with van der Waals surface area (Å²) in [5.74, 6) is 0.982. The van der Waals surface area contributed by atoms with E-state index in [1.54, 1.807) is 30.2 Å². The molecule has 3 atom stereocenters. The standard InChI is InChI=1S/C28H37N7O5/c1-19-13-35(20(2)17-36)28(38)12-22-11-23(30-27(37)16-34-18-29-31-32-34)7-10-25(22)40-26(19)15-33(3)14-21-5-8-24(39-4)9-6-21/h5-11,18-20,26,36H,12-17H2,1-4H3,(H,30,37)/t19-,20+,26+/m0/s1. The number of hydrogen-bond acceptors (Lipinski definition) is 9. The molecule has 214 valence electrons. The maximum Gasteiger partial charge on any atom is 0.246 e. The van der Waals surface area contributed by atoms with Crippen molar-refractivity contribution in [1.29, 1.82) is 0 Å². The molecule has 0 spiro atoms. The number of tetrazole rings is 1. The van der Waals surface area contributed by atoms with Crippen LogP contribution in [-0.4, -0.2) is 92.9 Å². The first-order valence-corrected chi connectivity index (χ1v) is 13.3. The summed E-state index contributed by atoms with van der Waals surface area (Å²) in [5.41, 5.74) is 2.35. The highest BCUT2D eigenvalue weighted by Crippen LogP contribution is 2.29. The maximum atomic E-state index is 13.4. The van der Waals surface area contributed by atoms with Crippen LogP contribution in [0.3, 0.4) is 0 Å². The number of methoxy groups -OCH3 is 1. The van der Waals surface area contributed by atoms with Crippen LogP contribution in [0.1, 0.15) is 25.0 Å². The number of amides is 2.